The summed E-state index contributed by atoms with van der Waals surface area (Å²) in [6.45, 7) is 1.90. The fourth-order valence-electron chi connectivity index (χ4n) is 2.21. The van der Waals surface area contributed by atoms with Crippen molar-refractivity contribution in [2.24, 2.45) is 0 Å². The fraction of sp³-hybridized carbons (Fsp3) is 0.125. The number of fused-ring (bicyclic) bond motifs is 1. The number of nitrogens with one attached hydrogen (secondary N) is 1. The molecule has 0 fully saturated rings. The zero-order chi connectivity index (χ0) is 14.8. The highest BCUT2D eigenvalue weighted by Gasteiger charge is 2.15. The molecule has 0 spiro atoms. The van der Waals surface area contributed by atoms with Crippen LogP contribution in [0.2, 0.25) is 0 Å². The quantitative estimate of drug-likeness (QED) is 0.769. The number of carboxylic acid groups (broad SMARTS) is 1. The number of carbonyl (C=O) groups is 1. The summed E-state index contributed by atoms with van der Waals surface area (Å²) in [4.78, 5) is 18.5. The van der Waals surface area contributed by atoms with Crippen LogP contribution in [0.5, 0.6) is 5.75 Å². The van der Waals surface area contributed by atoms with Crippen LogP contribution in [-0.4, -0.2) is 21.0 Å². The van der Waals surface area contributed by atoms with E-state index in [1.165, 1.54) is 12.3 Å². The molecule has 5 nitrogen and oxygen atoms in total. The topological polar surface area (TPSA) is 75.2 Å². The van der Waals surface area contributed by atoms with Gasteiger partial charge in [0.1, 0.15) is 11.9 Å². The van der Waals surface area contributed by atoms with Crippen LogP contribution in [0.4, 0.5) is 0 Å². The Labute approximate surface area is 121 Å². The zero-order valence-corrected chi connectivity index (χ0v) is 11.4. The van der Waals surface area contributed by atoms with E-state index in [0.717, 1.165) is 11.4 Å². The number of carboxylic acids is 1. The van der Waals surface area contributed by atoms with Crippen molar-refractivity contribution in [2.75, 3.05) is 0 Å². The first-order valence-corrected chi connectivity index (χ1v) is 6.58. The molecule has 0 aliphatic heterocycles. The molecule has 1 atom stereocenters. The second kappa shape index (κ2) is 5.28. The number of rotatable bonds is 4. The Balaban J connectivity index is 1.94. The maximum absolute atomic E-state index is 11.2. The average molecular weight is 282 g/mol. The third-order valence-electron chi connectivity index (χ3n) is 3.27. The Kier molecular flexibility index (Phi) is 3.31. The van der Waals surface area contributed by atoms with Gasteiger partial charge in [-0.15, -0.1) is 0 Å². The summed E-state index contributed by atoms with van der Waals surface area (Å²) in [5.41, 5.74) is 2.13. The van der Waals surface area contributed by atoms with Gasteiger partial charge in [-0.25, -0.2) is 4.79 Å². The van der Waals surface area contributed by atoms with E-state index in [-0.39, 0.29) is 11.7 Å². The average Bonchev–Trinajstić information content (AvgIpc) is 2.92. The van der Waals surface area contributed by atoms with Crippen molar-refractivity contribution in [2.45, 2.75) is 13.0 Å². The van der Waals surface area contributed by atoms with E-state index in [0.29, 0.717) is 11.0 Å². The highest BCUT2D eigenvalue weighted by Crippen LogP contribution is 2.25. The molecule has 0 aliphatic carbocycles. The van der Waals surface area contributed by atoms with Gasteiger partial charge in [0, 0.05) is 6.20 Å². The van der Waals surface area contributed by atoms with Crippen molar-refractivity contribution in [1.29, 1.82) is 0 Å². The fourth-order valence-corrected chi connectivity index (χ4v) is 2.21. The normalized spacial score (nSPS) is 12.2. The predicted octanol–water partition coefficient (Wildman–Crippen LogP) is 3.40. The molecule has 0 saturated heterocycles. The molecule has 1 unspecified atom stereocenters. The van der Waals surface area contributed by atoms with Crippen LogP contribution in [0.25, 0.3) is 11.0 Å². The molecule has 0 bridgehead atoms. The summed E-state index contributed by atoms with van der Waals surface area (Å²) < 4.78 is 5.82. The molecular formula is C16H14N2O3. The van der Waals surface area contributed by atoms with Gasteiger partial charge in [-0.2, -0.15) is 0 Å². The number of aromatic carboxylic acids is 1. The van der Waals surface area contributed by atoms with Gasteiger partial charge in [0.15, 0.2) is 0 Å². The minimum absolute atomic E-state index is 0.207. The summed E-state index contributed by atoms with van der Waals surface area (Å²) in [6.07, 6.45) is 1.26. The van der Waals surface area contributed by atoms with Crippen molar-refractivity contribution in [3.8, 4) is 5.75 Å². The molecule has 0 radical (unpaired) electrons. The maximum Gasteiger partial charge on any atom is 0.337 e. The van der Waals surface area contributed by atoms with Crippen LogP contribution < -0.4 is 4.74 Å². The maximum atomic E-state index is 11.2. The first-order chi connectivity index (χ1) is 10.1. The third kappa shape index (κ3) is 2.58. The molecule has 2 heterocycles. The summed E-state index contributed by atoms with van der Waals surface area (Å²) in [5.74, 6) is -0.220. The Morgan fingerprint density at radius 3 is 2.76 bits per heavy atom. The van der Waals surface area contributed by atoms with E-state index in [2.05, 4.69) is 9.97 Å². The summed E-state index contributed by atoms with van der Waals surface area (Å²) in [7, 11) is 0. The van der Waals surface area contributed by atoms with Gasteiger partial charge >= 0.3 is 5.97 Å². The SMILES string of the molecule is CC(Oc1ccccc1)c1cc2nccc(C(=O)O)c2[nH]1. The van der Waals surface area contributed by atoms with Gasteiger partial charge in [0.05, 0.1) is 22.3 Å². The van der Waals surface area contributed by atoms with Gasteiger partial charge in [0.2, 0.25) is 0 Å². The number of hydrogen-bond acceptors (Lipinski definition) is 3. The summed E-state index contributed by atoms with van der Waals surface area (Å²) in [6, 6.07) is 12.8. The minimum atomic E-state index is -0.979. The summed E-state index contributed by atoms with van der Waals surface area (Å²) in [5, 5.41) is 9.19. The molecule has 3 aromatic rings. The second-order valence-electron chi connectivity index (χ2n) is 4.72. The first-order valence-electron chi connectivity index (χ1n) is 6.58. The first kappa shape index (κ1) is 13.2. The van der Waals surface area contributed by atoms with E-state index < -0.39 is 5.97 Å². The van der Waals surface area contributed by atoms with Gasteiger partial charge in [-0.05, 0) is 31.2 Å². The number of para-hydroxylation sites is 1. The van der Waals surface area contributed by atoms with Gasteiger partial charge in [-0.3, -0.25) is 4.98 Å². The van der Waals surface area contributed by atoms with Crippen LogP contribution >= 0.6 is 0 Å². The second-order valence-corrected chi connectivity index (χ2v) is 4.72. The van der Waals surface area contributed by atoms with Gasteiger partial charge < -0.3 is 14.8 Å². The Bertz CT molecular complexity index is 781. The summed E-state index contributed by atoms with van der Waals surface area (Å²) >= 11 is 0. The minimum Gasteiger partial charge on any atom is -0.485 e. The molecule has 106 valence electrons. The van der Waals surface area contributed by atoms with Crippen LogP contribution in [0.3, 0.4) is 0 Å². The van der Waals surface area contributed by atoms with Crippen molar-refractivity contribution < 1.29 is 14.6 Å². The number of aromatic amines is 1. The highest BCUT2D eigenvalue weighted by molar-refractivity contribution is 6.00. The van der Waals surface area contributed by atoms with E-state index in [9.17, 15) is 9.90 Å². The molecule has 0 amide bonds. The predicted molar refractivity (Wildman–Crippen MR) is 78.5 cm³/mol. The van der Waals surface area contributed by atoms with Crippen molar-refractivity contribution in [3.63, 3.8) is 0 Å². The van der Waals surface area contributed by atoms with Gasteiger partial charge in [0.25, 0.3) is 0 Å². The van der Waals surface area contributed by atoms with Crippen LogP contribution in [0, 0.1) is 0 Å². The molecular weight excluding hydrogens is 268 g/mol. The number of nitrogens with zero attached hydrogens (tertiary/aromatic N) is 1. The molecule has 0 aliphatic rings. The largest absolute Gasteiger partial charge is 0.485 e. The van der Waals surface area contributed by atoms with Gasteiger partial charge in [-0.1, -0.05) is 18.2 Å². The molecule has 3 rings (SSSR count). The van der Waals surface area contributed by atoms with E-state index in [1.807, 2.05) is 43.3 Å². The van der Waals surface area contributed by atoms with E-state index in [4.69, 9.17) is 4.74 Å². The number of aromatic nitrogens is 2. The smallest absolute Gasteiger partial charge is 0.337 e. The van der Waals surface area contributed by atoms with Crippen LogP contribution in [0.15, 0.2) is 48.7 Å². The molecule has 2 aromatic heterocycles. The van der Waals surface area contributed by atoms with Crippen LogP contribution in [0.1, 0.15) is 29.1 Å². The molecule has 2 N–H and O–H groups in total. The molecule has 5 heteroatoms. The van der Waals surface area contributed by atoms with Crippen molar-refractivity contribution in [3.05, 3.63) is 59.9 Å². The lowest BCUT2D eigenvalue weighted by Gasteiger charge is -2.12. The molecule has 0 saturated carbocycles. The standard InChI is InChI=1S/C16H14N2O3/c1-10(21-11-5-3-2-4-6-11)13-9-14-15(18-13)12(16(19)20)7-8-17-14/h2-10,18H,1H3,(H,19,20). The number of ether oxygens (including phenoxy) is 1. The lowest BCUT2D eigenvalue weighted by molar-refractivity contribution is 0.0698. The lowest BCUT2D eigenvalue weighted by Crippen LogP contribution is -2.03. The molecule has 21 heavy (non-hydrogen) atoms. The number of H-pyrrole nitrogens is 1. The molecule has 1 aromatic carbocycles. The van der Waals surface area contributed by atoms with E-state index in [1.54, 1.807) is 0 Å². The third-order valence-corrected chi connectivity index (χ3v) is 3.27. The van der Waals surface area contributed by atoms with E-state index >= 15 is 0 Å². The van der Waals surface area contributed by atoms with Crippen molar-refractivity contribution in [1.82, 2.24) is 9.97 Å². The number of pyridine rings is 1. The Morgan fingerprint density at radius 1 is 1.29 bits per heavy atom. The Hall–Kier alpha value is -2.82. The zero-order valence-electron chi connectivity index (χ0n) is 11.4. The van der Waals surface area contributed by atoms with Crippen molar-refractivity contribution >= 4 is 17.0 Å². The lowest BCUT2D eigenvalue weighted by atomic mass is 10.2. The Morgan fingerprint density at radius 2 is 2.05 bits per heavy atom. The van der Waals surface area contributed by atoms with Crippen LogP contribution in [-0.2, 0) is 0 Å². The number of benzene rings is 1. The number of hydrogen-bond donors (Lipinski definition) is 2. The monoisotopic (exact) mass is 282 g/mol. The highest BCUT2D eigenvalue weighted by atomic mass is 16.5.